The van der Waals surface area contributed by atoms with Crippen LogP contribution in [0.1, 0.15) is 24.3 Å². The highest BCUT2D eigenvalue weighted by molar-refractivity contribution is 7.80. The van der Waals surface area contributed by atoms with Crippen molar-refractivity contribution in [1.29, 1.82) is 0 Å². The maximum atomic E-state index is 11.6. The number of nitrogens with zero attached hydrogens (tertiary/aromatic N) is 2. The molecular weight excluding hydrogens is 390 g/mol. The molecule has 2 aromatic rings. The fourth-order valence-electron chi connectivity index (χ4n) is 1.94. The molecule has 1 unspecified atom stereocenters. The van der Waals surface area contributed by atoms with Crippen LogP contribution in [0, 0.1) is 5.92 Å². The molecule has 0 fully saturated rings. The highest BCUT2D eigenvalue weighted by atomic mass is 32.1. The maximum Gasteiger partial charge on any atom is 0.271 e. The molecule has 0 saturated heterocycles. The molecule has 0 spiro atoms. The van der Waals surface area contributed by atoms with Crippen LogP contribution in [0.15, 0.2) is 35.4 Å². The number of aromatic nitrogens is 2. The van der Waals surface area contributed by atoms with Gasteiger partial charge in [0.15, 0.2) is 11.5 Å². The summed E-state index contributed by atoms with van der Waals surface area (Å²) in [6.07, 6.45) is 2.19. The molecule has 1 aromatic heterocycles. The number of anilines is 3. The van der Waals surface area contributed by atoms with Crippen LogP contribution in [-0.4, -0.2) is 49.3 Å². The fraction of sp³-hybridized carbons (Fsp3) is 0.368. The zero-order chi connectivity index (χ0) is 22.4. The number of nitrogens with one attached hydrogen (secondary N) is 3. The Hall–Kier alpha value is -2.69. The van der Waals surface area contributed by atoms with E-state index >= 15 is 0 Å². The molecule has 9 nitrogen and oxygen atoms in total. The molecule has 7 N–H and O–H groups in total. The molecular formula is C19H31N7O2S. The molecule has 0 aliphatic heterocycles. The number of benzene rings is 1. The maximum absolute atomic E-state index is 11.6. The van der Waals surface area contributed by atoms with E-state index in [9.17, 15) is 9.59 Å². The first-order valence-corrected chi connectivity index (χ1v) is 9.38. The van der Waals surface area contributed by atoms with Crippen molar-refractivity contribution in [3.63, 3.8) is 0 Å². The second-order valence-electron chi connectivity index (χ2n) is 6.04. The number of amides is 1. The van der Waals surface area contributed by atoms with Crippen LogP contribution in [0.5, 0.6) is 0 Å². The van der Waals surface area contributed by atoms with Gasteiger partial charge in [-0.2, -0.15) is 0 Å². The van der Waals surface area contributed by atoms with E-state index in [2.05, 4.69) is 44.3 Å². The third kappa shape index (κ3) is 9.37. The second kappa shape index (κ2) is 14.3. The third-order valence-electron chi connectivity index (χ3n) is 3.32. The monoisotopic (exact) mass is 421 g/mol. The minimum Gasteiger partial charge on any atom is -0.364 e. The standard InChI is InChI=1S/C16H19N5O2S.C2H7N.CH5N/c1-9(2)12(8-22)20-13-7-18-14(15(17)23)16(21-13)19-10-3-5-11(24)6-4-10;1-3-2;1-2/h3-9,12,24H,1-2H3,(H2,17,23)(H2,19,20,21);3H,1-2H3;2H2,1H3. The lowest BCUT2D eigenvalue weighted by atomic mass is 10.1. The number of rotatable bonds is 7. The van der Waals surface area contributed by atoms with E-state index in [-0.39, 0.29) is 17.4 Å². The van der Waals surface area contributed by atoms with Gasteiger partial charge in [0, 0.05) is 10.6 Å². The first kappa shape index (κ1) is 26.3. The highest BCUT2D eigenvalue weighted by Crippen LogP contribution is 2.21. The summed E-state index contributed by atoms with van der Waals surface area (Å²) < 4.78 is 0. The second-order valence-corrected chi connectivity index (χ2v) is 6.56. The van der Waals surface area contributed by atoms with Gasteiger partial charge in [0.2, 0.25) is 0 Å². The number of nitrogens with two attached hydrogens (primary N) is 2. The normalized spacial score (nSPS) is 10.6. The Kier molecular flexibility index (Phi) is 13.0. The summed E-state index contributed by atoms with van der Waals surface area (Å²) in [7, 11) is 5.25. The van der Waals surface area contributed by atoms with Crippen molar-refractivity contribution in [3.8, 4) is 0 Å². The number of aldehydes is 1. The van der Waals surface area contributed by atoms with Gasteiger partial charge in [-0.25, -0.2) is 9.97 Å². The van der Waals surface area contributed by atoms with Crippen LogP contribution in [0.4, 0.5) is 17.3 Å². The highest BCUT2D eigenvalue weighted by Gasteiger charge is 2.16. The summed E-state index contributed by atoms with van der Waals surface area (Å²) >= 11 is 4.22. The molecule has 1 atom stereocenters. The Morgan fingerprint density at radius 1 is 1.17 bits per heavy atom. The van der Waals surface area contributed by atoms with Crippen molar-refractivity contribution in [3.05, 3.63) is 36.2 Å². The lowest BCUT2D eigenvalue weighted by Crippen LogP contribution is -2.28. The van der Waals surface area contributed by atoms with Gasteiger partial charge in [-0.3, -0.25) is 4.79 Å². The zero-order valence-corrected chi connectivity index (χ0v) is 18.3. The van der Waals surface area contributed by atoms with Crippen molar-refractivity contribution in [2.24, 2.45) is 17.4 Å². The molecule has 1 amide bonds. The lowest BCUT2D eigenvalue weighted by Gasteiger charge is -2.17. The van der Waals surface area contributed by atoms with Gasteiger partial charge in [0.1, 0.15) is 12.1 Å². The molecule has 0 radical (unpaired) electrons. The third-order valence-corrected chi connectivity index (χ3v) is 3.61. The van der Waals surface area contributed by atoms with Crippen molar-refractivity contribution in [1.82, 2.24) is 15.3 Å². The van der Waals surface area contributed by atoms with Crippen LogP contribution in [0.2, 0.25) is 0 Å². The largest absolute Gasteiger partial charge is 0.364 e. The Labute approximate surface area is 177 Å². The van der Waals surface area contributed by atoms with Gasteiger partial charge >= 0.3 is 0 Å². The number of primary amides is 1. The Morgan fingerprint density at radius 2 is 1.72 bits per heavy atom. The first-order chi connectivity index (χ1) is 13.8. The fourth-order valence-corrected chi connectivity index (χ4v) is 2.09. The summed E-state index contributed by atoms with van der Waals surface area (Å²) in [4.78, 5) is 31.9. The van der Waals surface area contributed by atoms with Crippen molar-refractivity contribution in [2.45, 2.75) is 24.8 Å². The predicted molar refractivity (Wildman–Crippen MR) is 121 cm³/mol. The SMILES string of the molecule is CC(C)C(C=O)Nc1cnc(C(N)=O)c(Nc2ccc(S)cc2)n1.CN.CNC. The van der Waals surface area contributed by atoms with Crippen molar-refractivity contribution >= 4 is 42.1 Å². The first-order valence-electron chi connectivity index (χ1n) is 8.93. The van der Waals surface area contributed by atoms with E-state index < -0.39 is 11.9 Å². The summed E-state index contributed by atoms with van der Waals surface area (Å²) in [6.45, 7) is 3.82. The molecule has 0 aliphatic rings. The van der Waals surface area contributed by atoms with E-state index in [0.717, 1.165) is 11.2 Å². The summed E-state index contributed by atoms with van der Waals surface area (Å²) in [6, 6.07) is 6.77. The van der Waals surface area contributed by atoms with Crippen molar-refractivity contribution < 1.29 is 9.59 Å². The molecule has 1 heterocycles. The molecule has 0 saturated carbocycles. The Bertz CT molecular complexity index is 755. The summed E-state index contributed by atoms with van der Waals surface area (Å²) in [5.74, 6) is -0.0236. The van der Waals surface area contributed by atoms with Gasteiger partial charge in [0.25, 0.3) is 5.91 Å². The molecule has 160 valence electrons. The number of hydrogen-bond donors (Lipinski definition) is 6. The van der Waals surface area contributed by atoms with Crippen LogP contribution in [0.3, 0.4) is 0 Å². The van der Waals surface area contributed by atoms with Crippen LogP contribution in [0.25, 0.3) is 0 Å². The van der Waals surface area contributed by atoms with Crippen LogP contribution in [-0.2, 0) is 4.79 Å². The van der Waals surface area contributed by atoms with Crippen LogP contribution < -0.4 is 27.4 Å². The van der Waals surface area contributed by atoms with E-state index in [0.29, 0.717) is 11.5 Å². The van der Waals surface area contributed by atoms with Gasteiger partial charge in [-0.15, -0.1) is 12.6 Å². The topological polar surface area (TPSA) is 148 Å². The molecule has 10 heteroatoms. The predicted octanol–water partition coefficient (Wildman–Crippen LogP) is 1.65. The van der Waals surface area contributed by atoms with Gasteiger partial charge in [0.05, 0.1) is 12.2 Å². The Morgan fingerprint density at radius 3 is 2.17 bits per heavy atom. The zero-order valence-electron chi connectivity index (χ0n) is 17.4. The average Bonchev–Trinajstić information content (AvgIpc) is 2.69. The van der Waals surface area contributed by atoms with Crippen LogP contribution >= 0.6 is 12.6 Å². The average molecular weight is 422 g/mol. The molecule has 2 rings (SSSR count). The summed E-state index contributed by atoms with van der Waals surface area (Å²) in [5.41, 5.74) is 10.6. The Balaban J connectivity index is 0.00000143. The van der Waals surface area contributed by atoms with Gasteiger partial charge < -0.3 is 32.2 Å². The molecule has 0 bridgehead atoms. The van der Waals surface area contributed by atoms with Crippen molar-refractivity contribution in [2.75, 3.05) is 31.8 Å². The number of carbonyl (C=O) groups is 2. The van der Waals surface area contributed by atoms with E-state index in [1.165, 1.54) is 13.2 Å². The van der Waals surface area contributed by atoms with E-state index in [1.54, 1.807) is 24.3 Å². The quantitative estimate of drug-likeness (QED) is 0.292. The number of hydrogen-bond acceptors (Lipinski definition) is 9. The van der Waals surface area contributed by atoms with E-state index in [1.807, 2.05) is 27.9 Å². The molecule has 29 heavy (non-hydrogen) atoms. The lowest BCUT2D eigenvalue weighted by molar-refractivity contribution is -0.109. The smallest absolute Gasteiger partial charge is 0.271 e. The molecule has 1 aromatic carbocycles. The molecule has 0 aliphatic carbocycles. The minimum atomic E-state index is -0.696. The number of carbonyl (C=O) groups excluding carboxylic acids is 2. The minimum absolute atomic E-state index is 0.0164. The summed E-state index contributed by atoms with van der Waals surface area (Å²) in [5, 5.41) is 8.74. The van der Waals surface area contributed by atoms with Gasteiger partial charge in [-0.1, -0.05) is 13.8 Å². The number of thiol groups is 1. The van der Waals surface area contributed by atoms with E-state index in [4.69, 9.17) is 5.73 Å². The van der Waals surface area contributed by atoms with Gasteiger partial charge in [-0.05, 0) is 51.3 Å².